The van der Waals surface area contributed by atoms with E-state index in [0.717, 1.165) is 29.1 Å². The van der Waals surface area contributed by atoms with E-state index in [1.165, 1.54) is 4.70 Å². The lowest BCUT2D eigenvalue weighted by molar-refractivity contribution is -0.0337. The number of aromatic nitrogens is 1. The Balaban J connectivity index is 1.88. The van der Waals surface area contributed by atoms with Crippen LogP contribution in [0.15, 0.2) is 17.6 Å². The molecule has 0 amide bonds. The number of rotatable bonds is 2. The fourth-order valence-corrected chi connectivity index (χ4v) is 3.66. The monoisotopic (exact) mass is 296 g/mol. The third-order valence-corrected chi connectivity index (χ3v) is 4.61. The molecule has 0 bridgehead atoms. The minimum atomic E-state index is 0.287. The fraction of sp³-hybridized carbons (Fsp3) is 0.500. The maximum absolute atomic E-state index is 6.32. The largest absolute Gasteiger partial charge is 0.379 e. The van der Waals surface area contributed by atoms with Crippen molar-refractivity contribution < 1.29 is 4.74 Å². The fourth-order valence-electron chi connectivity index (χ4n) is 2.77. The van der Waals surface area contributed by atoms with Crippen LogP contribution in [0.5, 0.6) is 0 Å². The van der Waals surface area contributed by atoms with E-state index in [2.05, 4.69) is 24.1 Å². The molecule has 0 radical (unpaired) electrons. The zero-order chi connectivity index (χ0) is 13.4. The quantitative estimate of drug-likeness (QED) is 0.896. The number of hydrogen-bond donors (Lipinski definition) is 1. The molecule has 2 atom stereocenters. The van der Waals surface area contributed by atoms with Crippen molar-refractivity contribution in [2.45, 2.75) is 44.9 Å². The highest BCUT2D eigenvalue weighted by molar-refractivity contribution is 7.16. The molecule has 3 rings (SSSR count). The summed E-state index contributed by atoms with van der Waals surface area (Å²) in [6.07, 6.45) is 2.58. The smallest absolute Gasteiger partial charge is 0.106 e. The van der Waals surface area contributed by atoms with Gasteiger partial charge in [0.25, 0.3) is 0 Å². The summed E-state index contributed by atoms with van der Waals surface area (Å²) < 4.78 is 6.94. The van der Waals surface area contributed by atoms with Crippen LogP contribution in [-0.4, -0.2) is 23.2 Å². The van der Waals surface area contributed by atoms with Gasteiger partial charge >= 0.3 is 0 Å². The normalized spacial score (nSPS) is 27.6. The van der Waals surface area contributed by atoms with Gasteiger partial charge in [-0.15, -0.1) is 11.3 Å². The lowest BCUT2D eigenvalue weighted by Gasteiger charge is -2.33. The van der Waals surface area contributed by atoms with Gasteiger partial charge in [-0.3, -0.25) is 0 Å². The molecule has 1 aliphatic rings. The van der Waals surface area contributed by atoms with Gasteiger partial charge in [-0.25, -0.2) is 4.98 Å². The topological polar surface area (TPSA) is 34.2 Å². The summed E-state index contributed by atoms with van der Waals surface area (Å²) in [5.74, 6) is 0. The third kappa shape index (κ3) is 2.71. The number of ether oxygens (including phenoxy) is 1. The number of hydrogen-bond acceptors (Lipinski definition) is 4. The summed E-state index contributed by atoms with van der Waals surface area (Å²) in [5.41, 5.74) is 3.80. The van der Waals surface area contributed by atoms with E-state index in [-0.39, 0.29) is 12.2 Å². The van der Waals surface area contributed by atoms with Crippen molar-refractivity contribution in [3.8, 4) is 0 Å². The first-order valence-corrected chi connectivity index (χ1v) is 7.83. The van der Waals surface area contributed by atoms with Crippen molar-refractivity contribution >= 4 is 38.8 Å². The number of nitrogens with zero attached hydrogens (tertiary/aromatic N) is 1. The molecule has 2 aromatic rings. The standard InChI is InChI=1S/C14H17ClN2OS/c1-8-5-10(6-9(2)18-8)17-13-11(15)3-4-12-14(13)16-7-19-12/h3-4,7-10,17H,5-6H2,1-2H3. The summed E-state index contributed by atoms with van der Waals surface area (Å²) in [7, 11) is 0. The first kappa shape index (κ1) is 13.2. The second-order valence-corrected chi connectivity index (χ2v) is 6.49. The predicted molar refractivity (Wildman–Crippen MR) is 81.3 cm³/mol. The van der Waals surface area contributed by atoms with Gasteiger partial charge in [-0.05, 0) is 38.8 Å². The van der Waals surface area contributed by atoms with E-state index in [0.29, 0.717) is 6.04 Å². The van der Waals surface area contributed by atoms with Crippen molar-refractivity contribution in [3.63, 3.8) is 0 Å². The Morgan fingerprint density at radius 3 is 2.79 bits per heavy atom. The molecule has 1 aliphatic heterocycles. The Hall–Kier alpha value is -0.840. The summed E-state index contributed by atoms with van der Waals surface area (Å²) in [5, 5.41) is 4.31. The molecular formula is C14H17ClN2OS. The number of anilines is 1. The molecule has 1 fully saturated rings. The van der Waals surface area contributed by atoms with Gasteiger partial charge in [0.1, 0.15) is 5.52 Å². The second-order valence-electron chi connectivity index (χ2n) is 5.19. The highest BCUT2D eigenvalue weighted by Gasteiger charge is 2.25. The molecule has 1 saturated heterocycles. The van der Waals surface area contributed by atoms with E-state index in [9.17, 15) is 0 Å². The zero-order valence-electron chi connectivity index (χ0n) is 11.0. The van der Waals surface area contributed by atoms with E-state index in [4.69, 9.17) is 16.3 Å². The van der Waals surface area contributed by atoms with Crippen LogP contribution in [0.25, 0.3) is 10.2 Å². The molecule has 102 valence electrons. The Kier molecular flexibility index (Phi) is 3.65. The van der Waals surface area contributed by atoms with Gasteiger partial charge in [0.15, 0.2) is 0 Å². The molecule has 19 heavy (non-hydrogen) atoms. The first-order valence-electron chi connectivity index (χ1n) is 6.57. The van der Waals surface area contributed by atoms with Crippen LogP contribution in [0.1, 0.15) is 26.7 Å². The van der Waals surface area contributed by atoms with Crippen LogP contribution < -0.4 is 5.32 Å². The van der Waals surface area contributed by atoms with Gasteiger partial charge in [-0.1, -0.05) is 11.6 Å². The first-order chi connectivity index (χ1) is 9.13. The van der Waals surface area contributed by atoms with E-state index in [1.54, 1.807) is 11.3 Å². The Morgan fingerprint density at radius 1 is 1.32 bits per heavy atom. The average Bonchev–Trinajstić information content (AvgIpc) is 2.80. The Bertz CT molecular complexity index is 576. The van der Waals surface area contributed by atoms with Crippen molar-refractivity contribution in [2.75, 3.05) is 5.32 Å². The summed E-state index contributed by atoms with van der Waals surface area (Å²) in [6.45, 7) is 4.24. The maximum atomic E-state index is 6.32. The molecule has 1 N–H and O–H groups in total. The van der Waals surface area contributed by atoms with Crippen molar-refractivity contribution in [2.24, 2.45) is 0 Å². The molecule has 1 aromatic carbocycles. The molecule has 0 aliphatic carbocycles. The van der Waals surface area contributed by atoms with Crippen LogP contribution in [-0.2, 0) is 4.74 Å². The van der Waals surface area contributed by atoms with Gasteiger partial charge in [0, 0.05) is 6.04 Å². The highest BCUT2D eigenvalue weighted by Crippen LogP contribution is 2.34. The van der Waals surface area contributed by atoms with Crippen molar-refractivity contribution in [1.29, 1.82) is 0 Å². The molecule has 0 spiro atoms. The number of fused-ring (bicyclic) bond motifs is 1. The van der Waals surface area contributed by atoms with Crippen molar-refractivity contribution in [1.82, 2.24) is 4.98 Å². The Labute approximate surface area is 121 Å². The average molecular weight is 297 g/mol. The second kappa shape index (κ2) is 5.27. The van der Waals surface area contributed by atoms with Gasteiger partial charge in [0.2, 0.25) is 0 Å². The Morgan fingerprint density at radius 2 is 2.05 bits per heavy atom. The van der Waals surface area contributed by atoms with Crippen LogP contribution in [0.2, 0.25) is 5.02 Å². The molecule has 3 nitrogen and oxygen atoms in total. The van der Waals surface area contributed by atoms with Gasteiger partial charge < -0.3 is 10.1 Å². The summed E-state index contributed by atoms with van der Waals surface area (Å²) in [4.78, 5) is 4.42. The van der Waals surface area contributed by atoms with Crippen LogP contribution >= 0.6 is 22.9 Å². The van der Waals surface area contributed by atoms with Gasteiger partial charge in [0.05, 0.1) is 33.1 Å². The number of benzene rings is 1. The minimum absolute atomic E-state index is 0.287. The summed E-state index contributed by atoms with van der Waals surface area (Å²) >= 11 is 7.96. The summed E-state index contributed by atoms with van der Waals surface area (Å²) in [6, 6.07) is 4.36. The number of halogens is 1. The lowest BCUT2D eigenvalue weighted by atomic mass is 9.99. The third-order valence-electron chi connectivity index (χ3n) is 3.50. The molecular weight excluding hydrogens is 280 g/mol. The van der Waals surface area contributed by atoms with Gasteiger partial charge in [-0.2, -0.15) is 0 Å². The van der Waals surface area contributed by atoms with Crippen LogP contribution in [0.4, 0.5) is 5.69 Å². The lowest BCUT2D eigenvalue weighted by Crippen LogP contribution is -2.37. The van der Waals surface area contributed by atoms with Crippen molar-refractivity contribution in [3.05, 3.63) is 22.7 Å². The predicted octanol–water partition coefficient (Wildman–Crippen LogP) is 4.32. The highest BCUT2D eigenvalue weighted by atomic mass is 35.5. The van der Waals surface area contributed by atoms with E-state index in [1.807, 2.05) is 17.6 Å². The zero-order valence-corrected chi connectivity index (χ0v) is 12.6. The molecule has 0 saturated carbocycles. The van der Waals surface area contributed by atoms with E-state index >= 15 is 0 Å². The number of thiazole rings is 1. The molecule has 2 heterocycles. The van der Waals surface area contributed by atoms with Crippen LogP contribution in [0, 0.1) is 0 Å². The molecule has 1 aromatic heterocycles. The SMILES string of the molecule is CC1CC(Nc2c(Cl)ccc3scnc23)CC(C)O1. The molecule has 5 heteroatoms. The molecule has 2 unspecified atom stereocenters. The number of nitrogens with one attached hydrogen (secondary N) is 1. The van der Waals surface area contributed by atoms with E-state index < -0.39 is 0 Å². The maximum Gasteiger partial charge on any atom is 0.106 e. The van der Waals surface area contributed by atoms with Crippen LogP contribution in [0.3, 0.4) is 0 Å². The minimum Gasteiger partial charge on any atom is -0.379 e.